The fourth-order valence-electron chi connectivity index (χ4n) is 5.34. The number of likely N-dealkylation sites (tertiary alicyclic amines) is 1. The Labute approximate surface area is 211 Å². The van der Waals surface area contributed by atoms with E-state index in [0.717, 1.165) is 48.9 Å². The summed E-state index contributed by atoms with van der Waals surface area (Å²) in [5.74, 6) is -0.0462. The van der Waals surface area contributed by atoms with Crippen molar-refractivity contribution < 1.29 is 14.6 Å². The first kappa shape index (κ1) is 27.2. The predicted molar refractivity (Wildman–Crippen MR) is 142 cm³/mol. The van der Waals surface area contributed by atoms with Gasteiger partial charge in [0.15, 0.2) is 0 Å². The van der Waals surface area contributed by atoms with Gasteiger partial charge in [-0.15, -0.1) is 0 Å². The lowest BCUT2D eigenvalue weighted by molar-refractivity contribution is -0.0559. The number of benzene rings is 2. The van der Waals surface area contributed by atoms with Gasteiger partial charge in [0.1, 0.15) is 0 Å². The number of carbonyl (C=O) groups is 1. The van der Waals surface area contributed by atoms with Crippen molar-refractivity contribution in [2.24, 2.45) is 5.92 Å². The van der Waals surface area contributed by atoms with Crippen molar-refractivity contribution in [3.05, 3.63) is 59.7 Å². The molecule has 2 amide bonds. The Balaban J connectivity index is 1.92. The molecule has 6 heteroatoms. The van der Waals surface area contributed by atoms with Gasteiger partial charge in [0.2, 0.25) is 0 Å². The maximum absolute atomic E-state index is 13.0. The van der Waals surface area contributed by atoms with Crippen LogP contribution in [0.15, 0.2) is 48.5 Å². The molecule has 1 unspecified atom stereocenters. The summed E-state index contributed by atoms with van der Waals surface area (Å²) in [6.45, 7) is 6.75. The minimum Gasteiger partial charge on any atom is -0.385 e. The summed E-state index contributed by atoms with van der Waals surface area (Å²) in [5, 5.41) is 18.7. The first-order chi connectivity index (χ1) is 16.9. The summed E-state index contributed by atoms with van der Waals surface area (Å²) in [6.07, 6.45) is 4.15. The number of methoxy groups -OCH3 is 1. The zero-order chi connectivity index (χ0) is 25.3. The zero-order valence-corrected chi connectivity index (χ0v) is 21.8. The number of urea groups is 1. The molecule has 1 fully saturated rings. The van der Waals surface area contributed by atoms with Crippen LogP contribution in [0, 0.1) is 12.8 Å². The molecule has 3 atom stereocenters. The summed E-state index contributed by atoms with van der Waals surface area (Å²) in [7, 11) is 3.60. The van der Waals surface area contributed by atoms with Gasteiger partial charge in [0, 0.05) is 45.3 Å². The molecule has 0 aromatic heterocycles. The Kier molecular flexibility index (Phi) is 10.1. The highest BCUT2D eigenvalue weighted by Gasteiger charge is 2.42. The Morgan fingerprint density at radius 3 is 2.77 bits per heavy atom. The van der Waals surface area contributed by atoms with Crippen molar-refractivity contribution in [2.75, 3.05) is 40.4 Å². The van der Waals surface area contributed by atoms with Gasteiger partial charge in [0.25, 0.3) is 0 Å². The van der Waals surface area contributed by atoms with Gasteiger partial charge in [-0.1, -0.05) is 54.1 Å². The van der Waals surface area contributed by atoms with E-state index < -0.39 is 5.60 Å². The number of amides is 2. The van der Waals surface area contributed by atoms with Crippen molar-refractivity contribution in [3.63, 3.8) is 0 Å². The quantitative estimate of drug-likeness (QED) is 0.407. The molecule has 1 heterocycles. The number of aryl methyl sites for hydroxylation is 1. The number of likely N-dealkylation sites (N-methyl/N-ethyl adjacent to an activating group) is 1. The number of unbranched alkanes of at least 4 members (excludes halogenated alkanes) is 1. The highest BCUT2D eigenvalue weighted by atomic mass is 16.5. The van der Waals surface area contributed by atoms with Crippen LogP contribution in [0.4, 0.5) is 4.79 Å². The molecule has 6 nitrogen and oxygen atoms in total. The molecular formula is C29H43N3O3. The molecule has 0 spiro atoms. The number of hydrogen-bond acceptors (Lipinski definition) is 4. The topological polar surface area (TPSA) is 73.8 Å². The molecule has 0 saturated carbocycles. The minimum absolute atomic E-state index is 0.0443. The average molecular weight is 482 g/mol. The Hall–Kier alpha value is -2.41. The summed E-state index contributed by atoms with van der Waals surface area (Å²) >= 11 is 0. The predicted octanol–water partition coefficient (Wildman–Crippen LogP) is 4.70. The van der Waals surface area contributed by atoms with Crippen molar-refractivity contribution in [3.8, 4) is 11.1 Å². The minimum atomic E-state index is -1.04. The maximum atomic E-state index is 13.0. The van der Waals surface area contributed by atoms with E-state index in [9.17, 15) is 9.90 Å². The molecule has 3 N–H and O–H groups in total. The first-order valence-electron chi connectivity index (χ1n) is 13.0. The normalized spacial score (nSPS) is 18.7. The average Bonchev–Trinajstić information content (AvgIpc) is 2.86. The molecule has 1 aliphatic heterocycles. The molecule has 192 valence electrons. The van der Waals surface area contributed by atoms with Gasteiger partial charge >= 0.3 is 6.03 Å². The lowest BCUT2D eigenvalue weighted by Gasteiger charge is -2.43. The Morgan fingerprint density at radius 1 is 1.23 bits per heavy atom. The third kappa shape index (κ3) is 7.06. The third-order valence-electron chi connectivity index (χ3n) is 7.14. The summed E-state index contributed by atoms with van der Waals surface area (Å²) < 4.78 is 5.27. The van der Waals surface area contributed by atoms with Gasteiger partial charge in [-0.3, -0.25) is 0 Å². The van der Waals surface area contributed by atoms with Crippen LogP contribution in [-0.4, -0.2) is 62.5 Å². The van der Waals surface area contributed by atoms with E-state index in [0.29, 0.717) is 26.1 Å². The Morgan fingerprint density at radius 2 is 2.03 bits per heavy atom. The molecule has 3 rings (SSSR count). The number of piperidine rings is 1. The van der Waals surface area contributed by atoms with E-state index in [-0.39, 0.29) is 18.0 Å². The fourth-order valence-corrected chi connectivity index (χ4v) is 5.34. The third-order valence-corrected chi connectivity index (χ3v) is 7.14. The lowest BCUT2D eigenvalue weighted by atomic mass is 9.72. The molecule has 0 bridgehead atoms. The van der Waals surface area contributed by atoms with E-state index in [1.807, 2.05) is 31.0 Å². The van der Waals surface area contributed by atoms with Crippen LogP contribution >= 0.6 is 0 Å². The smallest absolute Gasteiger partial charge is 0.317 e. The number of rotatable bonds is 11. The van der Waals surface area contributed by atoms with Gasteiger partial charge < -0.3 is 25.4 Å². The first-order valence-corrected chi connectivity index (χ1v) is 13.0. The van der Waals surface area contributed by atoms with Crippen LogP contribution in [0.25, 0.3) is 11.1 Å². The summed E-state index contributed by atoms with van der Waals surface area (Å²) in [4.78, 5) is 14.9. The van der Waals surface area contributed by atoms with E-state index in [2.05, 4.69) is 54.0 Å². The van der Waals surface area contributed by atoms with Crippen molar-refractivity contribution in [2.45, 2.75) is 57.6 Å². The second-order valence-electron chi connectivity index (χ2n) is 9.98. The number of carbonyl (C=O) groups excluding carboxylic acids is 1. The van der Waals surface area contributed by atoms with E-state index in [4.69, 9.17) is 4.74 Å². The molecule has 0 radical (unpaired) electrons. The second kappa shape index (κ2) is 13.1. The summed E-state index contributed by atoms with van der Waals surface area (Å²) in [5.41, 5.74) is 3.29. The standard InChI is InChI=1S/C29H43N3O3/c1-22-11-9-12-24(19-22)26-14-5-6-15-27(26)29(34,16-7-8-18-35-4)25-13-10-17-32(21-25)28(33)31-23(2)20-30-3/h5-6,9,11-12,14-15,19,23,25,30,34H,7-8,10,13,16-18,20-21H2,1-4H3,(H,31,33)/t23?,25-,29+/m1/s1. The number of aliphatic hydroxyl groups is 1. The second-order valence-corrected chi connectivity index (χ2v) is 9.98. The lowest BCUT2D eigenvalue weighted by Crippen LogP contribution is -2.53. The Bertz CT molecular complexity index is 950. The monoisotopic (exact) mass is 481 g/mol. The van der Waals surface area contributed by atoms with E-state index >= 15 is 0 Å². The highest BCUT2D eigenvalue weighted by Crippen LogP contribution is 2.43. The van der Waals surface area contributed by atoms with Gasteiger partial charge in [-0.25, -0.2) is 4.79 Å². The van der Waals surface area contributed by atoms with E-state index in [1.165, 1.54) is 5.56 Å². The van der Waals surface area contributed by atoms with E-state index in [1.54, 1.807) is 7.11 Å². The number of nitrogens with zero attached hydrogens (tertiary/aromatic N) is 1. The van der Waals surface area contributed by atoms with Gasteiger partial charge in [-0.2, -0.15) is 0 Å². The van der Waals surface area contributed by atoms with Crippen molar-refractivity contribution in [1.82, 2.24) is 15.5 Å². The molecule has 2 aromatic rings. The molecule has 0 aliphatic carbocycles. The van der Waals surface area contributed by atoms with Crippen LogP contribution in [-0.2, 0) is 10.3 Å². The number of nitrogens with one attached hydrogen (secondary N) is 2. The molecule has 35 heavy (non-hydrogen) atoms. The van der Waals surface area contributed by atoms with Crippen LogP contribution in [0.3, 0.4) is 0 Å². The fraction of sp³-hybridized carbons (Fsp3) is 0.552. The van der Waals surface area contributed by atoms with Gasteiger partial charge in [0.05, 0.1) is 5.60 Å². The summed E-state index contributed by atoms with van der Waals surface area (Å²) in [6, 6.07) is 16.7. The molecule has 1 aliphatic rings. The van der Waals surface area contributed by atoms with Crippen LogP contribution in [0.2, 0.25) is 0 Å². The van der Waals surface area contributed by atoms with Crippen LogP contribution < -0.4 is 10.6 Å². The van der Waals surface area contributed by atoms with Crippen molar-refractivity contribution in [1.29, 1.82) is 0 Å². The number of ether oxygens (including phenoxy) is 1. The molecular weight excluding hydrogens is 438 g/mol. The van der Waals surface area contributed by atoms with Crippen molar-refractivity contribution >= 4 is 6.03 Å². The van der Waals surface area contributed by atoms with Gasteiger partial charge in [-0.05, 0) is 69.7 Å². The molecule has 1 saturated heterocycles. The van der Waals surface area contributed by atoms with Crippen LogP contribution in [0.5, 0.6) is 0 Å². The highest BCUT2D eigenvalue weighted by molar-refractivity contribution is 5.74. The maximum Gasteiger partial charge on any atom is 0.317 e. The zero-order valence-electron chi connectivity index (χ0n) is 21.8. The largest absolute Gasteiger partial charge is 0.385 e. The SMILES string of the molecule is CNCC(C)NC(=O)N1CCC[C@@H]([C@@](O)(CCCCOC)c2ccccc2-c2cccc(C)c2)C1. The van der Waals surface area contributed by atoms with Crippen LogP contribution in [0.1, 0.15) is 50.2 Å². The molecule has 2 aromatic carbocycles. The number of hydrogen-bond donors (Lipinski definition) is 3.